The van der Waals surface area contributed by atoms with Crippen molar-refractivity contribution >= 4 is 39.1 Å². The molecule has 0 unspecified atom stereocenters. The van der Waals surface area contributed by atoms with Crippen molar-refractivity contribution in [3.05, 3.63) is 51.8 Å². The quantitative estimate of drug-likeness (QED) is 0.625. The molecule has 0 bridgehead atoms. The number of thiazole rings is 1. The summed E-state index contributed by atoms with van der Waals surface area (Å²) >= 11 is 7.52. The maximum atomic E-state index is 12.6. The van der Waals surface area contributed by atoms with Gasteiger partial charge in [0.2, 0.25) is 0 Å². The third kappa shape index (κ3) is 4.00. The van der Waals surface area contributed by atoms with Crippen molar-refractivity contribution < 1.29 is 19.0 Å². The molecule has 8 heteroatoms. The molecule has 6 nitrogen and oxygen atoms in total. The molecule has 0 atom stereocenters. The van der Waals surface area contributed by atoms with Crippen LogP contribution in [0.15, 0.2) is 41.4 Å². The second kappa shape index (κ2) is 8.56. The molecule has 0 N–H and O–H groups in total. The van der Waals surface area contributed by atoms with E-state index in [-0.39, 0.29) is 0 Å². The van der Waals surface area contributed by atoms with Gasteiger partial charge in [-0.3, -0.25) is 4.79 Å². The van der Waals surface area contributed by atoms with Gasteiger partial charge in [0.05, 0.1) is 41.6 Å². The van der Waals surface area contributed by atoms with E-state index < -0.39 is 5.91 Å². The lowest BCUT2D eigenvalue weighted by Gasteiger charge is -2.09. The fourth-order valence-electron chi connectivity index (χ4n) is 2.66. The van der Waals surface area contributed by atoms with Gasteiger partial charge in [0, 0.05) is 25.8 Å². The number of amides is 1. The van der Waals surface area contributed by atoms with Crippen molar-refractivity contribution in [3.63, 3.8) is 0 Å². The lowest BCUT2D eigenvalue weighted by atomic mass is 10.2. The van der Waals surface area contributed by atoms with Crippen molar-refractivity contribution in [2.75, 3.05) is 27.9 Å². The highest BCUT2D eigenvalue weighted by Gasteiger charge is 2.14. The van der Waals surface area contributed by atoms with Gasteiger partial charge in [-0.1, -0.05) is 35.1 Å². The molecule has 3 rings (SSSR count). The number of halogens is 1. The second-order valence-corrected chi connectivity index (χ2v) is 7.02. The minimum atomic E-state index is -0.391. The Labute approximate surface area is 165 Å². The van der Waals surface area contributed by atoms with E-state index in [1.807, 2.05) is 16.7 Å². The zero-order valence-electron chi connectivity index (χ0n) is 15.2. The van der Waals surface area contributed by atoms with Crippen LogP contribution in [-0.4, -0.2) is 38.4 Å². The number of carbonyl (C=O) groups excluding carboxylic acids is 1. The van der Waals surface area contributed by atoms with E-state index in [1.165, 1.54) is 11.3 Å². The van der Waals surface area contributed by atoms with Gasteiger partial charge in [0.1, 0.15) is 0 Å². The monoisotopic (exact) mass is 406 g/mol. The van der Waals surface area contributed by atoms with Crippen LogP contribution in [-0.2, 0) is 11.3 Å². The summed E-state index contributed by atoms with van der Waals surface area (Å²) in [6.07, 6.45) is 0. The van der Waals surface area contributed by atoms with Crippen LogP contribution in [0.2, 0.25) is 5.02 Å². The summed E-state index contributed by atoms with van der Waals surface area (Å²) < 4.78 is 18.8. The largest absolute Gasteiger partial charge is 0.493 e. The fourth-order valence-corrected chi connectivity index (χ4v) is 3.94. The van der Waals surface area contributed by atoms with Gasteiger partial charge in [0.15, 0.2) is 16.3 Å². The zero-order chi connectivity index (χ0) is 19.4. The molecule has 3 aromatic rings. The van der Waals surface area contributed by atoms with Gasteiger partial charge in [-0.2, -0.15) is 4.99 Å². The van der Waals surface area contributed by atoms with Crippen LogP contribution >= 0.6 is 22.9 Å². The third-order valence-corrected chi connectivity index (χ3v) is 5.38. The molecule has 0 spiro atoms. The average molecular weight is 407 g/mol. The summed E-state index contributed by atoms with van der Waals surface area (Å²) in [5, 5.41) is 0.374. The van der Waals surface area contributed by atoms with E-state index in [9.17, 15) is 4.79 Å². The SMILES string of the molecule is COCCn1c(=NC(=O)c2ccccc2Cl)sc2cc(OC)c(OC)cc21. The normalized spacial score (nSPS) is 11.8. The first-order chi connectivity index (χ1) is 13.1. The van der Waals surface area contributed by atoms with Crippen LogP contribution in [0.25, 0.3) is 10.2 Å². The maximum Gasteiger partial charge on any atom is 0.281 e. The molecule has 0 aliphatic carbocycles. The van der Waals surface area contributed by atoms with Crippen molar-refractivity contribution in [1.82, 2.24) is 4.57 Å². The molecule has 0 saturated carbocycles. The Bertz CT molecular complexity index is 1040. The Morgan fingerprint density at radius 3 is 2.52 bits per heavy atom. The molecule has 1 amide bonds. The van der Waals surface area contributed by atoms with Gasteiger partial charge in [0.25, 0.3) is 5.91 Å². The van der Waals surface area contributed by atoms with E-state index >= 15 is 0 Å². The second-order valence-electron chi connectivity index (χ2n) is 5.60. The highest BCUT2D eigenvalue weighted by Crippen LogP contribution is 2.33. The van der Waals surface area contributed by atoms with Gasteiger partial charge < -0.3 is 18.8 Å². The molecular formula is C19H19ClN2O4S. The van der Waals surface area contributed by atoms with Crippen LogP contribution < -0.4 is 14.3 Å². The van der Waals surface area contributed by atoms with Crippen molar-refractivity contribution in [2.24, 2.45) is 4.99 Å². The Balaban J connectivity index is 2.18. The van der Waals surface area contributed by atoms with E-state index in [2.05, 4.69) is 4.99 Å². The number of hydrogen-bond acceptors (Lipinski definition) is 5. The van der Waals surface area contributed by atoms with Gasteiger partial charge in [-0.15, -0.1) is 0 Å². The predicted molar refractivity (Wildman–Crippen MR) is 106 cm³/mol. The summed E-state index contributed by atoms with van der Waals surface area (Å²) in [6.45, 7) is 1.02. The van der Waals surface area contributed by atoms with E-state index in [1.54, 1.807) is 45.6 Å². The smallest absolute Gasteiger partial charge is 0.281 e. The number of hydrogen-bond donors (Lipinski definition) is 0. The number of aromatic nitrogens is 1. The third-order valence-electron chi connectivity index (χ3n) is 4.01. The molecule has 0 saturated heterocycles. The molecule has 1 heterocycles. The average Bonchev–Trinajstić information content (AvgIpc) is 3.01. The summed E-state index contributed by atoms with van der Waals surface area (Å²) in [5.41, 5.74) is 1.26. The Hall–Kier alpha value is -2.35. The zero-order valence-corrected chi connectivity index (χ0v) is 16.8. The van der Waals surface area contributed by atoms with Gasteiger partial charge >= 0.3 is 0 Å². The maximum absolute atomic E-state index is 12.6. The Morgan fingerprint density at radius 1 is 1.15 bits per heavy atom. The minimum Gasteiger partial charge on any atom is -0.493 e. The van der Waals surface area contributed by atoms with Crippen molar-refractivity contribution in [1.29, 1.82) is 0 Å². The number of nitrogens with zero attached hydrogens (tertiary/aromatic N) is 2. The summed E-state index contributed by atoms with van der Waals surface area (Å²) in [5.74, 6) is 0.837. The van der Waals surface area contributed by atoms with Crippen LogP contribution in [0.5, 0.6) is 11.5 Å². The van der Waals surface area contributed by atoms with Crippen LogP contribution in [0.4, 0.5) is 0 Å². The molecule has 1 aromatic heterocycles. The first-order valence-electron chi connectivity index (χ1n) is 8.17. The summed E-state index contributed by atoms with van der Waals surface area (Å²) in [4.78, 5) is 17.5. The minimum absolute atomic E-state index is 0.366. The van der Waals surface area contributed by atoms with E-state index in [0.717, 1.165) is 10.2 Å². The van der Waals surface area contributed by atoms with Gasteiger partial charge in [-0.05, 0) is 12.1 Å². The van der Waals surface area contributed by atoms with Crippen LogP contribution in [0.3, 0.4) is 0 Å². The molecule has 0 fully saturated rings. The summed E-state index contributed by atoms with van der Waals surface area (Å²) in [7, 11) is 4.80. The molecule has 0 aliphatic heterocycles. The number of carbonyl (C=O) groups is 1. The number of fused-ring (bicyclic) bond motifs is 1. The van der Waals surface area contributed by atoms with Crippen molar-refractivity contribution in [2.45, 2.75) is 6.54 Å². The first-order valence-corrected chi connectivity index (χ1v) is 9.36. The topological polar surface area (TPSA) is 62.1 Å². The summed E-state index contributed by atoms with van der Waals surface area (Å²) in [6, 6.07) is 10.6. The lowest BCUT2D eigenvalue weighted by molar-refractivity contribution is 0.0997. The molecular weight excluding hydrogens is 388 g/mol. The standard InChI is InChI=1S/C19H19ClN2O4S/c1-24-9-8-22-14-10-15(25-2)16(26-3)11-17(14)27-19(22)21-18(23)12-6-4-5-7-13(12)20/h4-7,10-11H,8-9H2,1-3H3. The fraction of sp³-hybridized carbons (Fsp3) is 0.263. The Kier molecular flexibility index (Phi) is 6.15. The Morgan fingerprint density at radius 2 is 1.85 bits per heavy atom. The van der Waals surface area contributed by atoms with Crippen molar-refractivity contribution in [3.8, 4) is 11.5 Å². The molecule has 2 aromatic carbocycles. The van der Waals surface area contributed by atoms with Crippen LogP contribution in [0.1, 0.15) is 10.4 Å². The van der Waals surface area contributed by atoms with Gasteiger partial charge in [-0.25, -0.2) is 0 Å². The van der Waals surface area contributed by atoms with E-state index in [0.29, 0.717) is 40.0 Å². The molecule has 142 valence electrons. The number of methoxy groups -OCH3 is 3. The number of rotatable bonds is 6. The number of ether oxygens (including phenoxy) is 3. The highest BCUT2D eigenvalue weighted by atomic mass is 35.5. The lowest BCUT2D eigenvalue weighted by Crippen LogP contribution is -2.19. The molecule has 0 radical (unpaired) electrons. The number of benzene rings is 2. The van der Waals surface area contributed by atoms with Crippen LogP contribution in [0, 0.1) is 0 Å². The predicted octanol–water partition coefficient (Wildman–Crippen LogP) is 3.76. The molecule has 27 heavy (non-hydrogen) atoms. The van der Waals surface area contributed by atoms with E-state index in [4.69, 9.17) is 25.8 Å². The highest BCUT2D eigenvalue weighted by molar-refractivity contribution is 7.16. The molecule has 0 aliphatic rings. The first kappa shape index (κ1) is 19.4.